The summed E-state index contributed by atoms with van der Waals surface area (Å²) >= 11 is 8.28. The first-order chi connectivity index (χ1) is 12.2. The van der Waals surface area contributed by atoms with Gasteiger partial charge in [0.25, 0.3) is 0 Å². The zero-order valence-electron chi connectivity index (χ0n) is 13.4. The van der Waals surface area contributed by atoms with Crippen molar-refractivity contribution in [1.29, 1.82) is 0 Å². The van der Waals surface area contributed by atoms with E-state index in [9.17, 15) is 4.79 Å². The number of hydrogen-bond acceptors (Lipinski definition) is 6. The predicted octanol–water partition coefficient (Wildman–Crippen LogP) is 3.81. The van der Waals surface area contributed by atoms with E-state index < -0.39 is 0 Å². The Hall–Kier alpha value is -2.10. The number of nitrogens with zero attached hydrogens (tertiary/aromatic N) is 3. The third kappa shape index (κ3) is 4.71. The summed E-state index contributed by atoms with van der Waals surface area (Å²) in [6.45, 7) is 4.33. The van der Waals surface area contributed by atoms with Crippen LogP contribution in [0.4, 0.5) is 5.13 Å². The minimum Gasteiger partial charge on any atom is -0.302 e. The van der Waals surface area contributed by atoms with Crippen molar-refractivity contribution >= 4 is 45.9 Å². The van der Waals surface area contributed by atoms with Gasteiger partial charge in [0, 0.05) is 23.2 Å². The van der Waals surface area contributed by atoms with E-state index in [1.807, 2.05) is 27.5 Å². The number of nitrogens with one attached hydrogen (secondary N) is 2. The van der Waals surface area contributed by atoms with Crippen LogP contribution in [0.2, 0.25) is 0 Å². The first-order valence-corrected chi connectivity index (χ1v) is 9.84. The second-order valence-electron chi connectivity index (χ2n) is 5.29. The zero-order chi connectivity index (χ0) is 17.6. The van der Waals surface area contributed by atoms with Gasteiger partial charge in [-0.3, -0.25) is 14.5 Å². The van der Waals surface area contributed by atoms with Crippen molar-refractivity contribution in [2.24, 2.45) is 0 Å². The molecule has 0 atom stereocenters. The molecule has 3 heterocycles. The van der Waals surface area contributed by atoms with Gasteiger partial charge in [-0.15, -0.1) is 29.3 Å². The lowest BCUT2D eigenvalue weighted by Gasteiger charge is -2.02. The molecule has 1 amide bonds. The van der Waals surface area contributed by atoms with Gasteiger partial charge in [0.15, 0.2) is 9.90 Å². The van der Waals surface area contributed by atoms with Crippen molar-refractivity contribution in [3.05, 3.63) is 56.7 Å². The number of thiazole rings is 1. The van der Waals surface area contributed by atoms with Gasteiger partial charge in [-0.2, -0.15) is 5.10 Å². The highest BCUT2D eigenvalue weighted by atomic mass is 32.1. The fraction of sp³-hybridized carbons (Fsp3) is 0.250. The Balaban J connectivity index is 1.58. The molecule has 0 saturated carbocycles. The summed E-state index contributed by atoms with van der Waals surface area (Å²) in [7, 11) is 0. The molecule has 25 heavy (non-hydrogen) atoms. The maximum Gasteiger partial charge on any atom is 0.226 e. The van der Waals surface area contributed by atoms with Crippen LogP contribution in [0.15, 0.2) is 35.5 Å². The first-order valence-electron chi connectivity index (χ1n) is 7.67. The van der Waals surface area contributed by atoms with Crippen LogP contribution in [0.25, 0.3) is 0 Å². The lowest BCUT2D eigenvalue weighted by molar-refractivity contribution is -0.116. The van der Waals surface area contributed by atoms with E-state index in [1.165, 1.54) is 16.2 Å². The highest BCUT2D eigenvalue weighted by molar-refractivity contribution is 7.71. The van der Waals surface area contributed by atoms with E-state index >= 15 is 0 Å². The topological polar surface area (TPSA) is 75.6 Å². The maximum absolute atomic E-state index is 12.0. The predicted molar refractivity (Wildman–Crippen MR) is 104 cm³/mol. The SMILES string of the molecule is C=CCn1c(Cc2csc(NC(=O)CCc3cccs3)n2)n[nH]c1=S. The molecule has 9 heteroatoms. The van der Waals surface area contributed by atoms with E-state index in [-0.39, 0.29) is 5.91 Å². The number of carbonyl (C=O) groups is 1. The molecule has 0 spiro atoms. The molecule has 0 saturated heterocycles. The number of rotatable bonds is 8. The number of thiophene rings is 1. The Morgan fingerprint density at radius 2 is 2.36 bits per heavy atom. The summed E-state index contributed by atoms with van der Waals surface area (Å²) in [6, 6.07) is 4.03. The van der Waals surface area contributed by atoms with Crippen molar-refractivity contribution in [1.82, 2.24) is 19.7 Å². The summed E-state index contributed by atoms with van der Waals surface area (Å²) in [5.74, 6) is 0.773. The lowest BCUT2D eigenvalue weighted by atomic mass is 10.2. The van der Waals surface area contributed by atoms with Crippen LogP contribution in [0.3, 0.4) is 0 Å². The average Bonchev–Trinajstić information content (AvgIpc) is 3.32. The summed E-state index contributed by atoms with van der Waals surface area (Å²) in [6.07, 6.45) is 3.52. The van der Waals surface area contributed by atoms with E-state index in [2.05, 4.69) is 27.1 Å². The molecule has 0 aliphatic carbocycles. The number of aromatic nitrogens is 4. The number of carbonyl (C=O) groups excluding carboxylic acids is 1. The van der Waals surface area contributed by atoms with E-state index in [4.69, 9.17) is 12.2 Å². The van der Waals surface area contributed by atoms with Gasteiger partial charge >= 0.3 is 0 Å². The fourth-order valence-electron chi connectivity index (χ4n) is 2.28. The quantitative estimate of drug-likeness (QED) is 0.452. The van der Waals surface area contributed by atoms with Crippen molar-refractivity contribution in [2.45, 2.75) is 25.8 Å². The molecule has 0 bridgehead atoms. The van der Waals surface area contributed by atoms with Crippen molar-refractivity contribution in [2.75, 3.05) is 5.32 Å². The standard InChI is InChI=1S/C16H17N5OS3/c1-2-7-21-13(19-20-16(21)23)9-11-10-25-15(17-11)18-14(22)6-5-12-4-3-8-24-12/h2-4,8,10H,1,5-7,9H2,(H,20,23)(H,17,18,22). The van der Waals surface area contributed by atoms with Gasteiger partial charge < -0.3 is 5.32 Å². The van der Waals surface area contributed by atoms with Crippen molar-refractivity contribution in [3.8, 4) is 0 Å². The van der Waals surface area contributed by atoms with Crippen molar-refractivity contribution < 1.29 is 4.79 Å². The van der Waals surface area contributed by atoms with Crippen LogP contribution in [0.1, 0.15) is 22.8 Å². The highest BCUT2D eigenvalue weighted by Crippen LogP contribution is 2.18. The summed E-state index contributed by atoms with van der Waals surface area (Å²) in [5, 5.41) is 14.4. The molecule has 0 aromatic carbocycles. The summed E-state index contributed by atoms with van der Waals surface area (Å²) in [5.41, 5.74) is 0.845. The largest absolute Gasteiger partial charge is 0.302 e. The monoisotopic (exact) mass is 391 g/mol. The molecule has 0 radical (unpaired) electrons. The molecular weight excluding hydrogens is 374 g/mol. The maximum atomic E-state index is 12.0. The molecule has 130 valence electrons. The molecule has 3 rings (SSSR count). The lowest BCUT2D eigenvalue weighted by Crippen LogP contribution is -2.12. The Labute approximate surface area is 158 Å². The van der Waals surface area contributed by atoms with Gasteiger partial charge in [0.1, 0.15) is 5.82 Å². The molecule has 0 unspecified atom stereocenters. The van der Waals surface area contributed by atoms with Gasteiger partial charge in [-0.05, 0) is 30.1 Å². The van der Waals surface area contributed by atoms with Gasteiger partial charge in [-0.1, -0.05) is 12.1 Å². The minimum absolute atomic E-state index is 0.0244. The smallest absolute Gasteiger partial charge is 0.226 e. The Morgan fingerprint density at radius 3 is 3.12 bits per heavy atom. The van der Waals surface area contributed by atoms with Crippen LogP contribution < -0.4 is 5.32 Å². The third-order valence-corrected chi connectivity index (χ3v) is 5.52. The normalized spacial score (nSPS) is 10.7. The van der Waals surface area contributed by atoms with Crippen LogP contribution >= 0.6 is 34.9 Å². The van der Waals surface area contributed by atoms with Crippen LogP contribution in [-0.2, 0) is 24.2 Å². The van der Waals surface area contributed by atoms with Crippen LogP contribution in [0, 0.1) is 4.77 Å². The number of aromatic amines is 1. The molecular formula is C16H17N5OS3. The molecule has 2 N–H and O–H groups in total. The number of anilines is 1. The molecule has 6 nitrogen and oxygen atoms in total. The first kappa shape index (κ1) is 17.7. The Kier molecular flexibility index (Phi) is 5.90. The van der Waals surface area contributed by atoms with Gasteiger partial charge in [0.2, 0.25) is 5.91 Å². The number of hydrogen-bond donors (Lipinski definition) is 2. The minimum atomic E-state index is -0.0244. The number of H-pyrrole nitrogens is 1. The number of aryl methyl sites for hydroxylation is 1. The molecule has 3 aromatic rings. The molecule has 3 aromatic heterocycles. The second kappa shape index (κ2) is 8.32. The molecule has 0 aliphatic rings. The summed E-state index contributed by atoms with van der Waals surface area (Å²) < 4.78 is 2.44. The Morgan fingerprint density at radius 1 is 1.48 bits per heavy atom. The molecule has 0 aliphatic heterocycles. The van der Waals surface area contributed by atoms with E-state index in [0.29, 0.717) is 29.3 Å². The summed E-state index contributed by atoms with van der Waals surface area (Å²) in [4.78, 5) is 17.7. The van der Waals surface area contributed by atoms with E-state index in [1.54, 1.807) is 17.4 Å². The fourth-order valence-corrected chi connectivity index (χ4v) is 3.94. The van der Waals surface area contributed by atoms with Crippen molar-refractivity contribution in [3.63, 3.8) is 0 Å². The second-order valence-corrected chi connectivity index (χ2v) is 7.57. The van der Waals surface area contributed by atoms with Crippen LogP contribution in [0.5, 0.6) is 0 Å². The van der Waals surface area contributed by atoms with Gasteiger partial charge in [0.05, 0.1) is 12.1 Å². The number of amides is 1. The average molecular weight is 392 g/mol. The van der Waals surface area contributed by atoms with Gasteiger partial charge in [-0.25, -0.2) is 4.98 Å². The third-order valence-electron chi connectivity index (χ3n) is 3.46. The zero-order valence-corrected chi connectivity index (χ0v) is 15.8. The number of allylic oxidation sites excluding steroid dienone is 1. The van der Waals surface area contributed by atoms with E-state index in [0.717, 1.165) is 17.9 Å². The molecule has 0 fully saturated rings. The van der Waals surface area contributed by atoms with Crippen LogP contribution in [-0.4, -0.2) is 25.7 Å². The Bertz CT molecular complexity index is 907. The highest BCUT2D eigenvalue weighted by Gasteiger charge is 2.11.